The van der Waals surface area contributed by atoms with E-state index in [0.717, 1.165) is 18.5 Å². The van der Waals surface area contributed by atoms with Gasteiger partial charge in [0, 0.05) is 25.3 Å². The van der Waals surface area contributed by atoms with Gasteiger partial charge in [0.1, 0.15) is 11.5 Å². The topological polar surface area (TPSA) is 92.3 Å². The summed E-state index contributed by atoms with van der Waals surface area (Å²) < 4.78 is 24.7. The highest BCUT2D eigenvalue weighted by Gasteiger charge is 2.26. The van der Waals surface area contributed by atoms with Crippen molar-refractivity contribution in [1.82, 2.24) is 19.6 Å². The average molecular weight is 326 g/mol. The number of carbonyl (C=O) groups is 1. The first-order valence-electron chi connectivity index (χ1n) is 7.31. The van der Waals surface area contributed by atoms with Crippen LogP contribution in [0, 0.1) is 19.8 Å². The minimum atomic E-state index is -3.16. The summed E-state index contributed by atoms with van der Waals surface area (Å²) in [7, 11) is -3.16. The number of rotatable bonds is 4. The van der Waals surface area contributed by atoms with Crippen LogP contribution >= 0.6 is 0 Å². The SMILES string of the molecule is Cc1cc(C(=O)NC[C@H]2CCCN(S(C)(=O)=O)C2)nc(C)n1. The number of aryl methyl sites for hydroxylation is 2. The molecule has 1 amide bonds. The number of amides is 1. The fourth-order valence-electron chi connectivity index (χ4n) is 2.66. The van der Waals surface area contributed by atoms with Crippen LogP contribution in [0.1, 0.15) is 34.8 Å². The Morgan fingerprint density at radius 3 is 2.77 bits per heavy atom. The van der Waals surface area contributed by atoms with Gasteiger partial charge in [-0.3, -0.25) is 4.79 Å². The molecule has 0 unspecified atom stereocenters. The summed E-state index contributed by atoms with van der Waals surface area (Å²) >= 11 is 0. The summed E-state index contributed by atoms with van der Waals surface area (Å²) in [6, 6.07) is 1.64. The van der Waals surface area contributed by atoms with Crippen molar-refractivity contribution in [3.05, 3.63) is 23.3 Å². The van der Waals surface area contributed by atoms with Crippen LogP contribution in [0.5, 0.6) is 0 Å². The Hall–Kier alpha value is -1.54. The number of nitrogens with zero attached hydrogens (tertiary/aromatic N) is 3. The van der Waals surface area contributed by atoms with Crippen LogP contribution in [0.25, 0.3) is 0 Å². The van der Waals surface area contributed by atoms with Gasteiger partial charge >= 0.3 is 0 Å². The third kappa shape index (κ3) is 4.48. The van der Waals surface area contributed by atoms with E-state index in [4.69, 9.17) is 0 Å². The van der Waals surface area contributed by atoms with E-state index in [-0.39, 0.29) is 11.8 Å². The van der Waals surface area contributed by atoms with Crippen LogP contribution < -0.4 is 5.32 Å². The van der Waals surface area contributed by atoms with Gasteiger partial charge in [-0.15, -0.1) is 0 Å². The van der Waals surface area contributed by atoms with Crippen LogP contribution in [0.15, 0.2) is 6.07 Å². The zero-order valence-corrected chi connectivity index (χ0v) is 14.0. The van der Waals surface area contributed by atoms with Gasteiger partial charge in [0.25, 0.3) is 5.91 Å². The largest absolute Gasteiger partial charge is 0.350 e. The molecule has 0 radical (unpaired) electrons. The van der Waals surface area contributed by atoms with Gasteiger partial charge in [0.15, 0.2) is 0 Å². The number of hydrogen-bond acceptors (Lipinski definition) is 5. The molecule has 2 rings (SSSR count). The molecular weight excluding hydrogens is 304 g/mol. The molecule has 0 saturated carbocycles. The highest BCUT2D eigenvalue weighted by atomic mass is 32.2. The molecule has 22 heavy (non-hydrogen) atoms. The second-order valence-electron chi connectivity index (χ2n) is 5.78. The maximum Gasteiger partial charge on any atom is 0.270 e. The number of hydrogen-bond donors (Lipinski definition) is 1. The predicted octanol–water partition coefficient (Wildman–Crippen LogP) is 0.495. The van der Waals surface area contributed by atoms with Gasteiger partial charge in [0.2, 0.25) is 10.0 Å². The van der Waals surface area contributed by atoms with Gasteiger partial charge in [-0.1, -0.05) is 0 Å². The van der Waals surface area contributed by atoms with Crippen LogP contribution in [-0.2, 0) is 10.0 Å². The Kier molecular flexibility index (Phi) is 5.12. The standard InChI is InChI=1S/C14H22N4O3S/c1-10-7-13(17-11(2)16-10)14(19)15-8-12-5-4-6-18(9-12)22(3,20)21/h7,12H,4-6,8-9H2,1-3H3,(H,15,19)/t12-/m1/s1. The number of carbonyl (C=O) groups excluding carboxylic acids is 1. The van der Waals surface area contributed by atoms with E-state index in [9.17, 15) is 13.2 Å². The van der Waals surface area contributed by atoms with Crippen molar-refractivity contribution in [2.24, 2.45) is 5.92 Å². The monoisotopic (exact) mass is 326 g/mol. The van der Waals surface area contributed by atoms with Crippen molar-refractivity contribution in [2.45, 2.75) is 26.7 Å². The summed E-state index contributed by atoms with van der Waals surface area (Å²) in [5.41, 5.74) is 1.10. The third-order valence-electron chi connectivity index (χ3n) is 3.70. The Morgan fingerprint density at radius 1 is 1.41 bits per heavy atom. The Balaban J connectivity index is 1.93. The summed E-state index contributed by atoms with van der Waals surface area (Å²) in [4.78, 5) is 20.4. The van der Waals surface area contributed by atoms with E-state index in [1.807, 2.05) is 6.92 Å². The average Bonchev–Trinajstić information content (AvgIpc) is 2.43. The van der Waals surface area contributed by atoms with Crippen molar-refractivity contribution in [3.63, 3.8) is 0 Å². The van der Waals surface area contributed by atoms with Crippen molar-refractivity contribution < 1.29 is 13.2 Å². The predicted molar refractivity (Wildman–Crippen MR) is 83.0 cm³/mol. The molecule has 2 heterocycles. The third-order valence-corrected chi connectivity index (χ3v) is 4.97. The Morgan fingerprint density at radius 2 is 2.14 bits per heavy atom. The number of piperidine rings is 1. The van der Waals surface area contributed by atoms with Crippen LogP contribution in [0.3, 0.4) is 0 Å². The van der Waals surface area contributed by atoms with Crippen molar-refractivity contribution in [2.75, 3.05) is 25.9 Å². The van der Waals surface area contributed by atoms with Crippen molar-refractivity contribution in [1.29, 1.82) is 0 Å². The summed E-state index contributed by atoms with van der Waals surface area (Å²) in [5, 5.41) is 2.84. The molecule has 1 fully saturated rings. The number of nitrogens with one attached hydrogen (secondary N) is 1. The molecule has 0 bridgehead atoms. The fraction of sp³-hybridized carbons (Fsp3) is 0.643. The van der Waals surface area contributed by atoms with E-state index in [1.165, 1.54) is 10.6 Å². The lowest BCUT2D eigenvalue weighted by molar-refractivity contribution is 0.0936. The van der Waals surface area contributed by atoms with Gasteiger partial charge in [-0.2, -0.15) is 0 Å². The molecular formula is C14H22N4O3S. The van der Waals surface area contributed by atoms with Gasteiger partial charge < -0.3 is 5.32 Å². The van der Waals surface area contributed by atoms with Crippen LogP contribution in [0.4, 0.5) is 0 Å². The van der Waals surface area contributed by atoms with Crippen molar-refractivity contribution in [3.8, 4) is 0 Å². The molecule has 1 aromatic rings. The Bertz CT molecular complexity index is 640. The molecule has 122 valence electrons. The number of aromatic nitrogens is 2. The lowest BCUT2D eigenvalue weighted by Crippen LogP contribution is -2.43. The molecule has 1 aliphatic rings. The number of sulfonamides is 1. The summed E-state index contributed by atoms with van der Waals surface area (Å²) in [5.74, 6) is 0.451. The first kappa shape index (κ1) is 16.8. The van der Waals surface area contributed by atoms with Crippen molar-refractivity contribution >= 4 is 15.9 Å². The first-order valence-corrected chi connectivity index (χ1v) is 9.16. The lowest BCUT2D eigenvalue weighted by atomic mass is 10.00. The van der Waals surface area contributed by atoms with Crippen LogP contribution in [0.2, 0.25) is 0 Å². The summed E-state index contributed by atoms with van der Waals surface area (Å²) in [6.45, 7) is 5.03. The fourth-order valence-corrected chi connectivity index (χ4v) is 3.60. The highest BCUT2D eigenvalue weighted by molar-refractivity contribution is 7.88. The molecule has 1 atom stereocenters. The zero-order valence-electron chi connectivity index (χ0n) is 13.2. The molecule has 8 heteroatoms. The van der Waals surface area contributed by atoms with Crippen LogP contribution in [-0.4, -0.2) is 54.5 Å². The van der Waals surface area contributed by atoms with E-state index < -0.39 is 10.0 Å². The quantitative estimate of drug-likeness (QED) is 0.869. The lowest BCUT2D eigenvalue weighted by Gasteiger charge is -2.30. The highest BCUT2D eigenvalue weighted by Crippen LogP contribution is 2.18. The molecule has 0 aliphatic carbocycles. The molecule has 1 aromatic heterocycles. The van der Waals surface area contributed by atoms with E-state index in [1.54, 1.807) is 13.0 Å². The van der Waals surface area contributed by atoms with Gasteiger partial charge in [-0.25, -0.2) is 22.7 Å². The van der Waals surface area contributed by atoms with Gasteiger partial charge in [-0.05, 0) is 38.7 Å². The van der Waals surface area contributed by atoms with E-state index in [0.29, 0.717) is 31.2 Å². The minimum absolute atomic E-state index is 0.136. The van der Waals surface area contributed by atoms with Gasteiger partial charge in [0.05, 0.1) is 6.26 Å². The molecule has 1 aliphatic heterocycles. The zero-order chi connectivity index (χ0) is 16.3. The molecule has 0 aromatic carbocycles. The normalized spacial score (nSPS) is 19.9. The molecule has 1 saturated heterocycles. The Labute approximate surface area is 131 Å². The molecule has 7 nitrogen and oxygen atoms in total. The summed E-state index contributed by atoms with van der Waals surface area (Å²) in [6.07, 6.45) is 2.95. The maximum absolute atomic E-state index is 12.1. The van der Waals surface area contributed by atoms with E-state index >= 15 is 0 Å². The maximum atomic E-state index is 12.1. The smallest absolute Gasteiger partial charge is 0.270 e. The minimum Gasteiger partial charge on any atom is -0.350 e. The second kappa shape index (κ2) is 6.70. The molecule has 0 spiro atoms. The van der Waals surface area contributed by atoms with E-state index in [2.05, 4.69) is 15.3 Å². The second-order valence-corrected chi connectivity index (χ2v) is 7.76. The molecule has 1 N–H and O–H groups in total. The first-order chi connectivity index (χ1) is 10.3.